The number of rotatable bonds is 10. The molecule has 1 aromatic carbocycles. The Hall–Kier alpha value is -1.68. The fraction of sp³-hybridized carbons (Fsp3) is 0.636. The Morgan fingerprint density at radius 1 is 1.00 bits per heavy atom. The van der Waals surface area contributed by atoms with Crippen molar-refractivity contribution in [2.24, 2.45) is 17.6 Å². The number of ether oxygens (including phenoxy) is 1. The van der Waals surface area contributed by atoms with E-state index in [4.69, 9.17) is 10.5 Å². The second-order valence-electron chi connectivity index (χ2n) is 7.52. The van der Waals surface area contributed by atoms with Gasteiger partial charge >= 0.3 is 5.97 Å². The van der Waals surface area contributed by atoms with Crippen LogP contribution in [0.4, 0.5) is 0 Å². The lowest BCUT2D eigenvalue weighted by Gasteiger charge is -2.26. The number of hydrogen-bond acceptors (Lipinski definition) is 4. The van der Waals surface area contributed by atoms with Crippen LogP contribution in [-0.2, 0) is 16.0 Å². The Balaban J connectivity index is 1.67. The lowest BCUT2D eigenvalue weighted by Crippen LogP contribution is -2.25. The van der Waals surface area contributed by atoms with Gasteiger partial charge in [0, 0.05) is 18.4 Å². The number of unbranched alkanes of at least 4 members (excludes halogenated alkanes) is 3. The van der Waals surface area contributed by atoms with Crippen molar-refractivity contribution >= 4 is 11.8 Å². The van der Waals surface area contributed by atoms with Gasteiger partial charge in [0.05, 0.1) is 6.61 Å². The first-order valence-corrected chi connectivity index (χ1v) is 10.1. The van der Waals surface area contributed by atoms with E-state index in [9.17, 15) is 9.59 Å². The molecule has 0 amide bonds. The van der Waals surface area contributed by atoms with Gasteiger partial charge in [0.1, 0.15) is 0 Å². The minimum absolute atomic E-state index is 0.181. The first kappa shape index (κ1) is 20.6. The highest BCUT2D eigenvalue weighted by Crippen LogP contribution is 2.30. The van der Waals surface area contributed by atoms with Gasteiger partial charge in [-0.2, -0.15) is 0 Å². The highest BCUT2D eigenvalue weighted by molar-refractivity contribution is 5.97. The first-order chi connectivity index (χ1) is 12.6. The number of Topliss-reactive ketones (excluding diaryl/α,β-unsaturated/α-hetero) is 1. The van der Waals surface area contributed by atoms with Crippen LogP contribution >= 0.6 is 0 Å². The summed E-state index contributed by atoms with van der Waals surface area (Å²) in [6.45, 7) is 2.72. The summed E-state index contributed by atoms with van der Waals surface area (Å²) in [6, 6.07) is 8.18. The number of benzene rings is 1. The number of esters is 1. The third kappa shape index (κ3) is 6.91. The van der Waals surface area contributed by atoms with Crippen molar-refractivity contribution in [2.75, 3.05) is 13.2 Å². The van der Waals surface area contributed by atoms with Crippen molar-refractivity contribution in [1.29, 1.82) is 0 Å². The van der Waals surface area contributed by atoms with E-state index in [0.29, 0.717) is 18.3 Å². The molecule has 1 aliphatic carbocycles. The van der Waals surface area contributed by atoms with Crippen molar-refractivity contribution in [1.82, 2.24) is 0 Å². The molecule has 0 aliphatic heterocycles. The maximum Gasteiger partial charge on any atom is 0.302 e. The summed E-state index contributed by atoms with van der Waals surface area (Å²) in [5.74, 6) is 0.890. The summed E-state index contributed by atoms with van der Waals surface area (Å²) in [6.07, 6.45) is 9.43. The molecule has 1 saturated carbocycles. The topological polar surface area (TPSA) is 69.4 Å². The van der Waals surface area contributed by atoms with Gasteiger partial charge in [0.15, 0.2) is 5.78 Å². The van der Waals surface area contributed by atoms with Crippen LogP contribution < -0.4 is 5.73 Å². The maximum absolute atomic E-state index is 12.6. The van der Waals surface area contributed by atoms with E-state index in [-0.39, 0.29) is 11.9 Å². The van der Waals surface area contributed by atoms with Gasteiger partial charge in [-0.25, -0.2) is 0 Å². The first-order valence-electron chi connectivity index (χ1n) is 10.1. The molecule has 0 aromatic heterocycles. The predicted molar refractivity (Wildman–Crippen MR) is 104 cm³/mol. The van der Waals surface area contributed by atoms with Crippen LogP contribution in [0.3, 0.4) is 0 Å². The van der Waals surface area contributed by atoms with Gasteiger partial charge in [-0.1, -0.05) is 37.1 Å². The van der Waals surface area contributed by atoms with E-state index >= 15 is 0 Å². The highest BCUT2D eigenvalue weighted by Gasteiger charge is 2.26. The molecule has 2 rings (SSSR count). The fourth-order valence-electron chi connectivity index (χ4n) is 3.73. The molecule has 0 atom stereocenters. The maximum atomic E-state index is 12.6. The molecule has 144 valence electrons. The summed E-state index contributed by atoms with van der Waals surface area (Å²) in [7, 11) is 0. The van der Waals surface area contributed by atoms with Gasteiger partial charge in [-0.05, 0) is 63.0 Å². The van der Waals surface area contributed by atoms with Crippen LogP contribution in [0.1, 0.15) is 74.2 Å². The Morgan fingerprint density at radius 3 is 2.27 bits per heavy atom. The molecule has 1 fully saturated rings. The number of hydrogen-bond donors (Lipinski definition) is 1. The van der Waals surface area contributed by atoms with Crippen LogP contribution in [0, 0.1) is 11.8 Å². The molecular weight excluding hydrogens is 326 g/mol. The summed E-state index contributed by atoms with van der Waals surface area (Å²) in [4.78, 5) is 23.3. The molecule has 1 aromatic rings. The fourth-order valence-corrected chi connectivity index (χ4v) is 3.73. The van der Waals surface area contributed by atoms with E-state index in [0.717, 1.165) is 69.9 Å². The molecular formula is C22H33NO3. The van der Waals surface area contributed by atoms with Gasteiger partial charge < -0.3 is 10.5 Å². The van der Waals surface area contributed by atoms with Crippen molar-refractivity contribution in [3.8, 4) is 0 Å². The summed E-state index contributed by atoms with van der Waals surface area (Å²) in [5, 5.41) is 0. The standard InChI is InChI=1S/C22H33NO3/c1-17(24)26-15-5-3-2-4-6-18-7-11-20(12-8-18)22(25)21-13-9-19(16-23)10-14-21/h7-8,11-12,19,21H,2-6,9-10,13-16,23H2,1H3. The molecule has 4 nitrogen and oxygen atoms in total. The zero-order chi connectivity index (χ0) is 18.8. The molecule has 4 heteroatoms. The monoisotopic (exact) mass is 359 g/mol. The smallest absolute Gasteiger partial charge is 0.302 e. The molecule has 0 bridgehead atoms. The van der Waals surface area contributed by atoms with E-state index in [1.807, 2.05) is 12.1 Å². The van der Waals surface area contributed by atoms with Crippen LogP contribution in [0.2, 0.25) is 0 Å². The molecule has 0 spiro atoms. The largest absolute Gasteiger partial charge is 0.466 e. The third-order valence-corrected chi connectivity index (χ3v) is 5.45. The normalized spacial score (nSPS) is 19.9. The third-order valence-electron chi connectivity index (χ3n) is 5.45. The van der Waals surface area contributed by atoms with Gasteiger partial charge in [-0.3, -0.25) is 9.59 Å². The van der Waals surface area contributed by atoms with Crippen molar-refractivity contribution < 1.29 is 14.3 Å². The Morgan fingerprint density at radius 2 is 1.65 bits per heavy atom. The summed E-state index contributed by atoms with van der Waals surface area (Å²) < 4.78 is 4.93. The predicted octanol–water partition coefficient (Wildman–Crippen LogP) is 4.30. The van der Waals surface area contributed by atoms with Crippen molar-refractivity contribution in [3.63, 3.8) is 0 Å². The lowest BCUT2D eigenvalue weighted by molar-refractivity contribution is -0.141. The SMILES string of the molecule is CC(=O)OCCCCCCc1ccc(C(=O)C2CCC(CN)CC2)cc1. The van der Waals surface area contributed by atoms with Gasteiger partial charge in [0.25, 0.3) is 0 Å². The van der Waals surface area contributed by atoms with E-state index in [1.54, 1.807) is 0 Å². The Labute approximate surface area is 157 Å². The quantitative estimate of drug-likeness (QED) is 0.384. The van der Waals surface area contributed by atoms with Crippen LogP contribution in [0.15, 0.2) is 24.3 Å². The number of carbonyl (C=O) groups excluding carboxylic acids is 2. The zero-order valence-electron chi connectivity index (χ0n) is 16.0. The van der Waals surface area contributed by atoms with E-state index < -0.39 is 0 Å². The Kier molecular flexibility index (Phi) is 8.82. The minimum Gasteiger partial charge on any atom is -0.466 e. The zero-order valence-corrected chi connectivity index (χ0v) is 16.0. The number of ketones is 1. The molecule has 1 aliphatic rings. The molecule has 2 N–H and O–H groups in total. The molecule has 0 saturated heterocycles. The number of carbonyl (C=O) groups is 2. The second-order valence-corrected chi connectivity index (χ2v) is 7.52. The highest BCUT2D eigenvalue weighted by atomic mass is 16.5. The minimum atomic E-state index is -0.202. The summed E-state index contributed by atoms with van der Waals surface area (Å²) in [5.41, 5.74) is 7.87. The van der Waals surface area contributed by atoms with E-state index in [1.165, 1.54) is 12.5 Å². The lowest BCUT2D eigenvalue weighted by atomic mass is 9.78. The summed E-state index contributed by atoms with van der Waals surface area (Å²) >= 11 is 0. The van der Waals surface area contributed by atoms with Crippen molar-refractivity contribution in [3.05, 3.63) is 35.4 Å². The molecule has 26 heavy (non-hydrogen) atoms. The van der Waals surface area contributed by atoms with Crippen LogP contribution in [0.5, 0.6) is 0 Å². The van der Waals surface area contributed by atoms with Crippen LogP contribution in [-0.4, -0.2) is 24.9 Å². The average molecular weight is 360 g/mol. The molecule has 0 heterocycles. The van der Waals surface area contributed by atoms with E-state index in [2.05, 4.69) is 12.1 Å². The molecule has 0 unspecified atom stereocenters. The average Bonchev–Trinajstić information content (AvgIpc) is 2.67. The van der Waals surface area contributed by atoms with Gasteiger partial charge in [-0.15, -0.1) is 0 Å². The number of nitrogens with two attached hydrogens (primary N) is 1. The molecule has 0 radical (unpaired) electrons. The Bertz CT molecular complexity index is 559. The van der Waals surface area contributed by atoms with Crippen molar-refractivity contribution in [2.45, 2.75) is 64.7 Å². The second kappa shape index (κ2) is 11.1. The van der Waals surface area contributed by atoms with Gasteiger partial charge in [0.2, 0.25) is 0 Å². The van der Waals surface area contributed by atoms with Crippen LogP contribution in [0.25, 0.3) is 0 Å². The number of aryl methyl sites for hydroxylation is 1.